The van der Waals surface area contributed by atoms with Gasteiger partial charge < -0.3 is 0 Å². The standard InChI is InChI=1S/C12H21NO4S2/c1-3-10-4-5-11(9-13)12(8-10)19(16,17)7-6-18(2,14)15/h10-12H,3-8H2,1-2H3. The molecule has 7 heteroatoms. The van der Waals surface area contributed by atoms with E-state index < -0.39 is 30.8 Å². The van der Waals surface area contributed by atoms with Crippen LogP contribution in [0.15, 0.2) is 0 Å². The van der Waals surface area contributed by atoms with Crippen LogP contribution in [0.1, 0.15) is 32.6 Å². The van der Waals surface area contributed by atoms with Gasteiger partial charge in [-0.1, -0.05) is 13.3 Å². The van der Waals surface area contributed by atoms with Gasteiger partial charge in [-0.05, 0) is 25.2 Å². The van der Waals surface area contributed by atoms with Gasteiger partial charge in [0.05, 0.1) is 28.7 Å². The molecule has 0 N–H and O–H groups in total. The maximum atomic E-state index is 12.2. The summed E-state index contributed by atoms with van der Waals surface area (Å²) in [6.45, 7) is 2.01. The van der Waals surface area contributed by atoms with Crippen molar-refractivity contribution >= 4 is 19.7 Å². The molecule has 0 radical (unpaired) electrons. The van der Waals surface area contributed by atoms with Crippen molar-refractivity contribution in [3.05, 3.63) is 0 Å². The highest BCUT2D eigenvalue weighted by Gasteiger charge is 2.38. The van der Waals surface area contributed by atoms with E-state index in [-0.39, 0.29) is 11.5 Å². The molecule has 1 aliphatic rings. The van der Waals surface area contributed by atoms with E-state index in [0.29, 0.717) is 18.8 Å². The van der Waals surface area contributed by atoms with Crippen LogP contribution in [0.4, 0.5) is 0 Å². The zero-order valence-electron chi connectivity index (χ0n) is 11.4. The minimum Gasteiger partial charge on any atom is -0.229 e. The van der Waals surface area contributed by atoms with Gasteiger partial charge in [-0.3, -0.25) is 0 Å². The van der Waals surface area contributed by atoms with Gasteiger partial charge in [0, 0.05) is 6.26 Å². The van der Waals surface area contributed by atoms with Crippen molar-refractivity contribution in [1.29, 1.82) is 5.26 Å². The largest absolute Gasteiger partial charge is 0.229 e. The summed E-state index contributed by atoms with van der Waals surface area (Å²) in [6.07, 6.45) is 3.89. The molecule has 0 amide bonds. The lowest BCUT2D eigenvalue weighted by Crippen LogP contribution is -2.38. The molecular formula is C12H21NO4S2. The molecule has 0 saturated heterocycles. The van der Waals surface area contributed by atoms with Crippen LogP contribution in [-0.4, -0.2) is 39.8 Å². The molecule has 3 atom stereocenters. The van der Waals surface area contributed by atoms with Crippen LogP contribution < -0.4 is 0 Å². The summed E-state index contributed by atoms with van der Waals surface area (Å²) in [5.74, 6) is -0.902. The fourth-order valence-electron chi connectivity index (χ4n) is 2.55. The number of nitriles is 1. The lowest BCUT2D eigenvalue weighted by atomic mass is 9.81. The molecule has 5 nitrogen and oxygen atoms in total. The van der Waals surface area contributed by atoms with Crippen LogP contribution in [0.25, 0.3) is 0 Å². The molecule has 0 spiro atoms. The Morgan fingerprint density at radius 1 is 1.16 bits per heavy atom. The average molecular weight is 307 g/mol. The molecule has 0 aromatic carbocycles. The van der Waals surface area contributed by atoms with Gasteiger partial charge >= 0.3 is 0 Å². The van der Waals surface area contributed by atoms with Gasteiger partial charge in [0.1, 0.15) is 9.84 Å². The molecule has 1 rings (SSSR count). The van der Waals surface area contributed by atoms with Crippen molar-refractivity contribution in [2.24, 2.45) is 11.8 Å². The van der Waals surface area contributed by atoms with E-state index in [1.54, 1.807) is 0 Å². The van der Waals surface area contributed by atoms with Crippen LogP contribution >= 0.6 is 0 Å². The molecule has 1 aliphatic carbocycles. The fourth-order valence-corrected chi connectivity index (χ4v) is 6.25. The SMILES string of the molecule is CCC1CCC(C#N)C(S(=O)(=O)CCS(C)(=O)=O)C1. The highest BCUT2D eigenvalue weighted by molar-refractivity contribution is 7.95. The summed E-state index contributed by atoms with van der Waals surface area (Å²) in [5.41, 5.74) is 0. The Hall–Kier alpha value is -0.610. The first-order valence-electron chi connectivity index (χ1n) is 6.48. The van der Waals surface area contributed by atoms with Gasteiger partial charge in [-0.25, -0.2) is 16.8 Å². The van der Waals surface area contributed by atoms with E-state index in [0.717, 1.165) is 19.1 Å². The highest BCUT2D eigenvalue weighted by Crippen LogP contribution is 2.35. The molecule has 0 aromatic heterocycles. The Labute approximate surface area is 115 Å². The predicted octanol–water partition coefficient (Wildman–Crippen LogP) is 1.16. The van der Waals surface area contributed by atoms with Crippen LogP contribution in [0.5, 0.6) is 0 Å². The molecule has 3 unspecified atom stereocenters. The van der Waals surface area contributed by atoms with Crippen LogP contribution in [0, 0.1) is 23.2 Å². The number of hydrogen-bond donors (Lipinski definition) is 0. The minimum absolute atomic E-state index is 0.322. The quantitative estimate of drug-likeness (QED) is 0.760. The van der Waals surface area contributed by atoms with Crippen molar-refractivity contribution in [1.82, 2.24) is 0 Å². The van der Waals surface area contributed by atoms with Gasteiger partial charge in [-0.2, -0.15) is 5.26 Å². The topological polar surface area (TPSA) is 92.1 Å². The van der Waals surface area contributed by atoms with Gasteiger partial charge in [0.25, 0.3) is 0 Å². The van der Waals surface area contributed by atoms with E-state index in [4.69, 9.17) is 5.26 Å². The Morgan fingerprint density at radius 3 is 2.26 bits per heavy atom. The Kier molecular flexibility index (Phi) is 5.39. The normalized spacial score (nSPS) is 28.8. The first-order valence-corrected chi connectivity index (χ1v) is 10.3. The average Bonchev–Trinajstić information content (AvgIpc) is 2.35. The molecule has 0 aliphatic heterocycles. The fraction of sp³-hybridized carbons (Fsp3) is 0.917. The number of nitrogens with zero attached hydrogens (tertiary/aromatic N) is 1. The molecule has 0 heterocycles. The summed E-state index contributed by atoms with van der Waals surface area (Å²) in [5, 5.41) is 8.38. The van der Waals surface area contributed by atoms with Crippen molar-refractivity contribution in [3.8, 4) is 6.07 Å². The van der Waals surface area contributed by atoms with E-state index in [2.05, 4.69) is 6.07 Å². The third-order valence-electron chi connectivity index (χ3n) is 3.84. The second kappa shape index (κ2) is 6.23. The summed E-state index contributed by atoms with van der Waals surface area (Å²) < 4.78 is 46.7. The summed E-state index contributed by atoms with van der Waals surface area (Å²) >= 11 is 0. The van der Waals surface area contributed by atoms with Crippen molar-refractivity contribution < 1.29 is 16.8 Å². The Bertz CT molecular complexity index is 545. The van der Waals surface area contributed by atoms with Crippen LogP contribution in [0.2, 0.25) is 0 Å². The van der Waals surface area contributed by atoms with Crippen molar-refractivity contribution in [2.75, 3.05) is 17.8 Å². The molecule has 19 heavy (non-hydrogen) atoms. The number of rotatable bonds is 5. The molecule has 0 aromatic rings. The molecule has 1 saturated carbocycles. The van der Waals surface area contributed by atoms with E-state index in [9.17, 15) is 16.8 Å². The predicted molar refractivity (Wildman–Crippen MR) is 74.0 cm³/mol. The van der Waals surface area contributed by atoms with Gasteiger partial charge in [0.2, 0.25) is 0 Å². The monoisotopic (exact) mass is 307 g/mol. The minimum atomic E-state index is -3.52. The Morgan fingerprint density at radius 2 is 1.79 bits per heavy atom. The summed E-state index contributed by atoms with van der Waals surface area (Å²) in [4.78, 5) is 0. The van der Waals surface area contributed by atoms with Gasteiger partial charge in [0.15, 0.2) is 9.84 Å². The summed E-state index contributed by atoms with van der Waals surface area (Å²) in [6, 6.07) is 2.07. The number of sulfone groups is 2. The van der Waals surface area contributed by atoms with Crippen molar-refractivity contribution in [3.63, 3.8) is 0 Å². The lowest BCUT2D eigenvalue weighted by Gasteiger charge is -2.31. The zero-order chi connectivity index (χ0) is 14.7. The van der Waals surface area contributed by atoms with E-state index >= 15 is 0 Å². The maximum Gasteiger partial charge on any atom is 0.155 e. The number of hydrogen-bond acceptors (Lipinski definition) is 5. The van der Waals surface area contributed by atoms with Crippen LogP contribution in [-0.2, 0) is 19.7 Å². The molecule has 1 fully saturated rings. The zero-order valence-corrected chi connectivity index (χ0v) is 13.0. The van der Waals surface area contributed by atoms with E-state index in [1.807, 2.05) is 6.92 Å². The first-order chi connectivity index (χ1) is 8.69. The van der Waals surface area contributed by atoms with Crippen LogP contribution in [0.3, 0.4) is 0 Å². The second-order valence-corrected chi connectivity index (χ2v) is 9.96. The molecular weight excluding hydrogens is 286 g/mol. The highest BCUT2D eigenvalue weighted by atomic mass is 32.2. The van der Waals surface area contributed by atoms with E-state index in [1.165, 1.54) is 0 Å². The molecule has 110 valence electrons. The first kappa shape index (κ1) is 16.4. The maximum absolute atomic E-state index is 12.2. The summed E-state index contributed by atoms with van der Waals surface area (Å²) in [7, 11) is -6.82. The van der Waals surface area contributed by atoms with Gasteiger partial charge in [-0.15, -0.1) is 0 Å². The third-order valence-corrected chi connectivity index (χ3v) is 7.26. The molecule has 0 bridgehead atoms. The third kappa shape index (κ3) is 4.77. The smallest absolute Gasteiger partial charge is 0.155 e. The van der Waals surface area contributed by atoms with Crippen molar-refractivity contribution in [2.45, 2.75) is 37.9 Å². The Balaban J connectivity index is 2.86. The lowest BCUT2D eigenvalue weighted by molar-refractivity contribution is 0.308. The second-order valence-electron chi connectivity index (χ2n) is 5.36.